The van der Waals surface area contributed by atoms with Gasteiger partial charge >= 0.3 is 0 Å². The molecule has 1 heterocycles. The summed E-state index contributed by atoms with van der Waals surface area (Å²) in [6.07, 6.45) is 3.44. The molecule has 0 spiro atoms. The van der Waals surface area contributed by atoms with Crippen molar-refractivity contribution in [1.29, 1.82) is 0 Å². The number of carbonyl (C=O) groups excluding carboxylic acids is 1. The van der Waals surface area contributed by atoms with Crippen LogP contribution in [0, 0.1) is 6.92 Å². The Morgan fingerprint density at radius 3 is 2.92 bits per heavy atom. The fourth-order valence-corrected chi connectivity index (χ4v) is 3.54. The second-order valence-electron chi connectivity index (χ2n) is 6.45. The van der Waals surface area contributed by atoms with Gasteiger partial charge in [-0.3, -0.25) is 14.7 Å². The third-order valence-electron chi connectivity index (χ3n) is 4.74. The minimum absolute atomic E-state index is 0.00928. The van der Waals surface area contributed by atoms with E-state index < -0.39 is 0 Å². The lowest BCUT2D eigenvalue weighted by molar-refractivity contribution is 0.0857. The van der Waals surface area contributed by atoms with Gasteiger partial charge in [0.25, 0.3) is 5.91 Å². The standard InChI is InChI=1S/C20H21N3O/c1-14-5-2-8-16(13-14)19(24)23-12-11-21-20(23)22-18-10-4-7-15-6-3-9-17(15)18/h2,4-5,7-8,10,13H,3,6,9,11-12H2,1H3,(H,21,22). The van der Waals surface area contributed by atoms with Crippen LogP contribution in [-0.4, -0.2) is 29.9 Å². The van der Waals surface area contributed by atoms with Gasteiger partial charge in [-0.25, -0.2) is 0 Å². The number of amides is 1. The van der Waals surface area contributed by atoms with Crippen LogP contribution >= 0.6 is 0 Å². The fraction of sp³-hybridized carbons (Fsp3) is 0.300. The molecule has 0 saturated heterocycles. The summed E-state index contributed by atoms with van der Waals surface area (Å²) in [5, 5.41) is 3.41. The van der Waals surface area contributed by atoms with E-state index in [2.05, 4.69) is 28.5 Å². The molecule has 1 aliphatic carbocycles. The second kappa shape index (κ2) is 6.11. The number of hydrogen-bond acceptors (Lipinski definition) is 3. The molecular weight excluding hydrogens is 298 g/mol. The average molecular weight is 319 g/mol. The topological polar surface area (TPSA) is 44.7 Å². The number of aliphatic imine (C=N–C) groups is 1. The first-order valence-electron chi connectivity index (χ1n) is 8.53. The number of aryl methyl sites for hydroxylation is 2. The lowest BCUT2D eigenvalue weighted by Gasteiger charge is -2.21. The number of nitrogens with zero attached hydrogens (tertiary/aromatic N) is 2. The smallest absolute Gasteiger partial charge is 0.260 e. The summed E-state index contributed by atoms with van der Waals surface area (Å²) in [7, 11) is 0. The predicted molar refractivity (Wildman–Crippen MR) is 96.6 cm³/mol. The van der Waals surface area contributed by atoms with Crippen molar-refractivity contribution in [3.63, 3.8) is 0 Å². The largest absolute Gasteiger partial charge is 0.326 e. The fourth-order valence-electron chi connectivity index (χ4n) is 3.54. The molecule has 2 aliphatic rings. The zero-order chi connectivity index (χ0) is 16.5. The molecule has 0 bridgehead atoms. The number of rotatable bonds is 2. The summed E-state index contributed by atoms with van der Waals surface area (Å²) >= 11 is 0. The van der Waals surface area contributed by atoms with Gasteiger partial charge in [-0.15, -0.1) is 0 Å². The summed E-state index contributed by atoms with van der Waals surface area (Å²) in [5.74, 6) is 0.678. The van der Waals surface area contributed by atoms with Gasteiger partial charge in [0.1, 0.15) is 0 Å². The quantitative estimate of drug-likeness (QED) is 0.922. The SMILES string of the molecule is Cc1cccc(C(=O)N2CCN=C2Nc2cccc3c2CCC3)c1. The van der Waals surface area contributed by atoms with Crippen molar-refractivity contribution in [3.8, 4) is 0 Å². The van der Waals surface area contributed by atoms with Crippen LogP contribution in [0.3, 0.4) is 0 Å². The minimum Gasteiger partial charge on any atom is -0.326 e. The first-order chi connectivity index (χ1) is 11.7. The maximum atomic E-state index is 12.8. The van der Waals surface area contributed by atoms with Crippen LogP contribution in [-0.2, 0) is 12.8 Å². The first kappa shape index (κ1) is 14.9. The van der Waals surface area contributed by atoms with Crippen LogP contribution in [0.5, 0.6) is 0 Å². The molecule has 2 aromatic carbocycles. The maximum Gasteiger partial charge on any atom is 0.260 e. The van der Waals surface area contributed by atoms with E-state index in [1.807, 2.05) is 31.2 Å². The molecule has 0 fully saturated rings. The van der Waals surface area contributed by atoms with Gasteiger partial charge in [-0.1, -0.05) is 29.8 Å². The zero-order valence-corrected chi connectivity index (χ0v) is 13.9. The Morgan fingerprint density at radius 1 is 1.17 bits per heavy atom. The molecule has 0 radical (unpaired) electrons. The molecule has 1 N–H and O–H groups in total. The second-order valence-corrected chi connectivity index (χ2v) is 6.45. The monoisotopic (exact) mass is 319 g/mol. The Hall–Kier alpha value is -2.62. The highest BCUT2D eigenvalue weighted by atomic mass is 16.2. The van der Waals surface area contributed by atoms with Crippen LogP contribution < -0.4 is 5.32 Å². The number of nitrogens with one attached hydrogen (secondary N) is 1. The normalized spacial score (nSPS) is 16.0. The van der Waals surface area contributed by atoms with Crippen LogP contribution in [0.2, 0.25) is 0 Å². The molecule has 4 nitrogen and oxygen atoms in total. The number of benzene rings is 2. The van der Waals surface area contributed by atoms with E-state index in [1.54, 1.807) is 4.90 Å². The summed E-state index contributed by atoms with van der Waals surface area (Å²) < 4.78 is 0. The third-order valence-corrected chi connectivity index (χ3v) is 4.74. The molecule has 1 aliphatic heterocycles. The van der Waals surface area contributed by atoms with Crippen LogP contribution in [0.1, 0.15) is 33.5 Å². The Bertz CT molecular complexity index is 825. The Morgan fingerprint density at radius 2 is 2.04 bits per heavy atom. The lowest BCUT2D eigenvalue weighted by Crippen LogP contribution is -2.38. The van der Waals surface area contributed by atoms with Crippen molar-refractivity contribution in [2.24, 2.45) is 4.99 Å². The van der Waals surface area contributed by atoms with E-state index in [9.17, 15) is 4.79 Å². The average Bonchev–Trinajstić information content (AvgIpc) is 3.23. The summed E-state index contributed by atoms with van der Waals surface area (Å²) in [6.45, 7) is 3.28. The van der Waals surface area contributed by atoms with Crippen LogP contribution in [0.4, 0.5) is 5.69 Å². The number of carbonyl (C=O) groups is 1. The van der Waals surface area contributed by atoms with Gasteiger partial charge in [0, 0.05) is 17.8 Å². The van der Waals surface area contributed by atoms with E-state index in [0.717, 1.165) is 24.1 Å². The highest BCUT2D eigenvalue weighted by Gasteiger charge is 2.26. The molecule has 2 aromatic rings. The maximum absolute atomic E-state index is 12.8. The van der Waals surface area contributed by atoms with E-state index in [1.165, 1.54) is 17.5 Å². The third kappa shape index (κ3) is 2.68. The molecule has 4 rings (SSSR count). The Labute approximate surface area is 142 Å². The summed E-state index contributed by atoms with van der Waals surface area (Å²) in [4.78, 5) is 19.1. The van der Waals surface area contributed by atoms with Gasteiger partial charge in [0.05, 0.1) is 6.54 Å². The molecule has 122 valence electrons. The van der Waals surface area contributed by atoms with E-state index in [0.29, 0.717) is 24.6 Å². The van der Waals surface area contributed by atoms with Crippen molar-refractivity contribution in [1.82, 2.24) is 4.90 Å². The zero-order valence-electron chi connectivity index (χ0n) is 13.9. The van der Waals surface area contributed by atoms with Crippen molar-refractivity contribution in [3.05, 3.63) is 64.7 Å². The van der Waals surface area contributed by atoms with Gasteiger partial charge in [-0.2, -0.15) is 0 Å². The molecule has 0 saturated carbocycles. The molecule has 0 unspecified atom stereocenters. The van der Waals surface area contributed by atoms with Crippen molar-refractivity contribution in [2.75, 3.05) is 18.4 Å². The number of anilines is 1. The minimum atomic E-state index is 0.00928. The molecule has 0 aromatic heterocycles. The van der Waals surface area contributed by atoms with E-state index in [-0.39, 0.29) is 5.91 Å². The first-order valence-corrected chi connectivity index (χ1v) is 8.53. The van der Waals surface area contributed by atoms with Crippen LogP contribution in [0.15, 0.2) is 47.5 Å². The number of fused-ring (bicyclic) bond motifs is 1. The summed E-state index contributed by atoms with van der Waals surface area (Å²) in [6, 6.07) is 14.1. The predicted octanol–water partition coefficient (Wildman–Crippen LogP) is 3.41. The van der Waals surface area contributed by atoms with Gasteiger partial charge in [0.2, 0.25) is 5.96 Å². The van der Waals surface area contributed by atoms with Crippen molar-refractivity contribution in [2.45, 2.75) is 26.2 Å². The Kier molecular flexibility index (Phi) is 3.81. The number of hydrogen-bond donors (Lipinski definition) is 1. The molecule has 4 heteroatoms. The summed E-state index contributed by atoms with van der Waals surface area (Å²) in [5.41, 5.74) is 5.68. The highest BCUT2D eigenvalue weighted by molar-refractivity contribution is 6.11. The molecule has 24 heavy (non-hydrogen) atoms. The van der Waals surface area contributed by atoms with Gasteiger partial charge in [-0.05, 0) is 55.5 Å². The molecular formula is C20H21N3O. The van der Waals surface area contributed by atoms with Gasteiger partial charge in [0.15, 0.2) is 0 Å². The number of guanidine groups is 1. The lowest BCUT2D eigenvalue weighted by atomic mass is 10.1. The van der Waals surface area contributed by atoms with Crippen molar-refractivity contribution >= 4 is 17.6 Å². The van der Waals surface area contributed by atoms with E-state index in [4.69, 9.17) is 0 Å². The molecule has 0 atom stereocenters. The van der Waals surface area contributed by atoms with Crippen LogP contribution in [0.25, 0.3) is 0 Å². The highest BCUT2D eigenvalue weighted by Crippen LogP contribution is 2.29. The Balaban J connectivity index is 1.58. The van der Waals surface area contributed by atoms with Gasteiger partial charge < -0.3 is 5.32 Å². The van der Waals surface area contributed by atoms with E-state index >= 15 is 0 Å². The molecule has 1 amide bonds. The van der Waals surface area contributed by atoms with Crippen molar-refractivity contribution < 1.29 is 4.79 Å².